The normalized spacial score (nSPS) is 12.9. The smallest absolute Gasteiger partial charge is 0.0866 e. The first-order chi connectivity index (χ1) is 6.24. The minimum Gasteiger partial charge on any atom is -0.391 e. The van der Waals surface area contributed by atoms with E-state index in [2.05, 4.69) is 12.1 Å². The molecule has 2 nitrogen and oxygen atoms in total. The van der Waals surface area contributed by atoms with Gasteiger partial charge < -0.3 is 11.5 Å². The number of nitrogens with two attached hydrogens (primary N) is 2. The Morgan fingerprint density at radius 3 is 2.69 bits per heavy atom. The lowest BCUT2D eigenvalue weighted by Gasteiger charge is -1.86. The summed E-state index contributed by atoms with van der Waals surface area (Å²) in [6, 6.07) is 4.13. The standard InChI is InChI=1S/C9H8N2S2/c10-7-2-4-1-6-5(9(4)13-7)3-8(11)12-6/h2-3H,1,10-11H2. The van der Waals surface area contributed by atoms with E-state index in [0.29, 0.717) is 0 Å². The van der Waals surface area contributed by atoms with Crippen LogP contribution in [0.15, 0.2) is 12.1 Å². The lowest BCUT2D eigenvalue weighted by Crippen LogP contribution is -1.78. The van der Waals surface area contributed by atoms with Gasteiger partial charge in [0.15, 0.2) is 0 Å². The Morgan fingerprint density at radius 2 is 1.85 bits per heavy atom. The third kappa shape index (κ3) is 0.927. The van der Waals surface area contributed by atoms with Crippen molar-refractivity contribution in [2.45, 2.75) is 6.42 Å². The number of rotatable bonds is 0. The molecular weight excluding hydrogens is 200 g/mol. The Morgan fingerprint density at radius 1 is 1.08 bits per heavy atom. The van der Waals surface area contributed by atoms with Crippen LogP contribution < -0.4 is 11.5 Å². The van der Waals surface area contributed by atoms with Crippen molar-refractivity contribution in [1.82, 2.24) is 0 Å². The molecule has 2 heterocycles. The molecule has 2 aromatic rings. The molecule has 0 spiro atoms. The molecule has 0 radical (unpaired) electrons. The summed E-state index contributed by atoms with van der Waals surface area (Å²) in [5.41, 5.74) is 14.2. The summed E-state index contributed by atoms with van der Waals surface area (Å²) < 4.78 is 0. The number of fused-ring (bicyclic) bond motifs is 3. The summed E-state index contributed by atoms with van der Waals surface area (Å²) >= 11 is 3.35. The van der Waals surface area contributed by atoms with Gasteiger partial charge in [0.2, 0.25) is 0 Å². The Balaban J connectivity index is 2.28. The fraction of sp³-hybridized carbons (Fsp3) is 0.111. The van der Waals surface area contributed by atoms with Gasteiger partial charge in [-0.3, -0.25) is 0 Å². The van der Waals surface area contributed by atoms with E-state index < -0.39 is 0 Å². The zero-order valence-corrected chi connectivity index (χ0v) is 8.47. The third-order valence-electron chi connectivity index (χ3n) is 2.25. The highest BCUT2D eigenvalue weighted by Crippen LogP contribution is 2.47. The van der Waals surface area contributed by atoms with Crippen LogP contribution in [-0.2, 0) is 6.42 Å². The first-order valence-corrected chi connectivity index (χ1v) is 5.64. The largest absolute Gasteiger partial charge is 0.391 e. The van der Waals surface area contributed by atoms with Crippen LogP contribution in [0.4, 0.5) is 10.0 Å². The maximum Gasteiger partial charge on any atom is 0.0866 e. The Bertz CT molecular complexity index is 438. The molecule has 0 unspecified atom stereocenters. The average Bonchev–Trinajstić information content (AvgIpc) is 2.60. The van der Waals surface area contributed by atoms with Gasteiger partial charge in [0.25, 0.3) is 0 Å². The molecule has 0 atom stereocenters. The molecule has 0 saturated heterocycles. The summed E-state index contributed by atoms with van der Waals surface area (Å²) in [7, 11) is 0. The first-order valence-electron chi connectivity index (χ1n) is 4.01. The summed E-state index contributed by atoms with van der Waals surface area (Å²) in [4.78, 5) is 2.71. The van der Waals surface area contributed by atoms with Crippen LogP contribution in [0, 0.1) is 0 Å². The molecule has 0 fully saturated rings. The molecule has 0 aliphatic heterocycles. The first kappa shape index (κ1) is 7.41. The van der Waals surface area contributed by atoms with Crippen LogP contribution in [-0.4, -0.2) is 0 Å². The lowest BCUT2D eigenvalue weighted by molar-refractivity contribution is 1.33. The summed E-state index contributed by atoms with van der Waals surface area (Å²) in [5, 5.41) is 1.81. The van der Waals surface area contributed by atoms with Crippen LogP contribution in [0.2, 0.25) is 0 Å². The number of nitrogen functional groups attached to an aromatic ring is 2. The molecular formula is C9H8N2S2. The van der Waals surface area contributed by atoms with E-state index in [1.807, 2.05) is 0 Å². The highest BCUT2D eigenvalue weighted by molar-refractivity contribution is 7.21. The Labute approximate surface area is 83.8 Å². The second-order valence-corrected chi connectivity index (χ2v) is 5.42. The number of thiophene rings is 2. The lowest BCUT2D eigenvalue weighted by atomic mass is 10.2. The van der Waals surface area contributed by atoms with E-state index >= 15 is 0 Å². The highest BCUT2D eigenvalue weighted by atomic mass is 32.1. The molecule has 66 valence electrons. The van der Waals surface area contributed by atoms with Gasteiger partial charge in [-0.2, -0.15) is 0 Å². The van der Waals surface area contributed by atoms with Crippen LogP contribution in [0.25, 0.3) is 10.4 Å². The molecule has 1 aliphatic carbocycles. The maximum atomic E-state index is 5.74. The van der Waals surface area contributed by atoms with Crippen molar-refractivity contribution in [3.63, 3.8) is 0 Å². The fourth-order valence-corrected chi connectivity index (χ4v) is 3.77. The predicted molar refractivity (Wildman–Crippen MR) is 59.3 cm³/mol. The van der Waals surface area contributed by atoms with Gasteiger partial charge in [-0.15, -0.1) is 22.7 Å². The van der Waals surface area contributed by atoms with E-state index in [-0.39, 0.29) is 0 Å². The van der Waals surface area contributed by atoms with Gasteiger partial charge in [-0.1, -0.05) is 0 Å². The predicted octanol–water partition coefficient (Wildman–Crippen LogP) is 2.55. The number of hydrogen-bond donors (Lipinski definition) is 2. The van der Waals surface area contributed by atoms with Gasteiger partial charge >= 0.3 is 0 Å². The zero-order chi connectivity index (χ0) is 9.00. The SMILES string of the molecule is Nc1cc2c(s1)Cc1cc(N)sc1-2. The van der Waals surface area contributed by atoms with E-state index in [0.717, 1.165) is 16.4 Å². The summed E-state index contributed by atoms with van der Waals surface area (Å²) in [5.74, 6) is 0. The second-order valence-electron chi connectivity index (χ2n) is 3.17. The van der Waals surface area contributed by atoms with E-state index in [4.69, 9.17) is 11.5 Å². The van der Waals surface area contributed by atoms with Gasteiger partial charge in [-0.05, 0) is 17.7 Å². The van der Waals surface area contributed by atoms with E-state index in [1.54, 1.807) is 22.7 Å². The maximum absolute atomic E-state index is 5.74. The van der Waals surface area contributed by atoms with Crippen molar-refractivity contribution in [2.24, 2.45) is 0 Å². The molecule has 0 amide bonds. The zero-order valence-electron chi connectivity index (χ0n) is 6.83. The van der Waals surface area contributed by atoms with Crippen molar-refractivity contribution < 1.29 is 0 Å². The van der Waals surface area contributed by atoms with Gasteiger partial charge in [0.05, 0.1) is 10.0 Å². The van der Waals surface area contributed by atoms with Crippen LogP contribution in [0.5, 0.6) is 0 Å². The van der Waals surface area contributed by atoms with Crippen LogP contribution in [0.3, 0.4) is 0 Å². The summed E-state index contributed by atoms with van der Waals surface area (Å²) in [6.45, 7) is 0. The van der Waals surface area contributed by atoms with Crippen molar-refractivity contribution >= 4 is 32.7 Å². The molecule has 3 rings (SSSR count). The van der Waals surface area contributed by atoms with Gasteiger partial charge in [-0.25, -0.2) is 0 Å². The molecule has 0 saturated carbocycles. The van der Waals surface area contributed by atoms with Crippen molar-refractivity contribution in [3.05, 3.63) is 22.6 Å². The minimum atomic E-state index is 0.903. The van der Waals surface area contributed by atoms with Crippen molar-refractivity contribution in [1.29, 1.82) is 0 Å². The van der Waals surface area contributed by atoms with Crippen LogP contribution >= 0.6 is 22.7 Å². The topological polar surface area (TPSA) is 52.0 Å². The summed E-state index contributed by atoms with van der Waals surface area (Å²) in [6.07, 6.45) is 1.01. The van der Waals surface area contributed by atoms with E-state index in [9.17, 15) is 0 Å². The average molecular weight is 208 g/mol. The highest BCUT2D eigenvalue weighted by Gasteiger charge is 2.23. The Kier molecular flexibility index (Phi) is 1.30. The molecule has 4 N–H and O–H groups in total. The minimum absolute atomic E-state index is 0.903. The number of anilines is 2. The second kappa shape index (κ2) is 2.27. The Hall–Kier alpha value is -1.00. The van der Waals surface area contributed by atoms with Crippen LogP contribution in [0.1, 0.15) is 10.4 Å². The quantitative estimate of drug-likeness (QED) is 0.596. The van der Waals surface area contributed by atoms with Crippen molar-refractivity contribution in [3.8, 4) is 10.4 Å². The van der Waals surface area contributed by atoms with Gasteiger partial charge in [0.1, 0.15) is 0 Å². The molecule has 0 aromatic carbocycles. The molecule has 0 bridgehead atoms. The monoisotopic (exact) mass is 208 g/mol. The molecule has 4 heteroatoms. The number of hydrogen-bond acceptors (Lipinski definition) is 4. The third-order valence-corrected chi connectivity index (χ3v) is 4.26. The molecule has 13 heavy (non-hydrogen) atoms. The van der Waals surface area contributed by atoms with Gasteiger partial charge in [0, 0.05) is 21.7 Å². The molecule has 2 aromatic heterocycles. The van der Waals surface area contributed by atoms with E-state index in [1.165, 1.54) is 20.9 Å². The van der Waals surface area contributed by atoms with Crippen molar-refractivity contribution in [2.75, 3.05) is 11.5 Å². The molecule has 1 aliphatic rings. The fourth-order valence-electron chi connectivity index (χ4n) is 1.76.